The highest BCUT2D eigenvalue weighted by Crippen LogP contribution is 2.28. The molecule has 0 spiro atoms. The zero-order chi connectivity index (χ0) is 16.1. The molecule has 4 nitrogen and oxygen atoms in total. The van der Waals surface area contributed by atoms with Gasteiger partial charge in [0, 0.05) is 11.8 Å². The number of carbonyl (C=O) groups excluding carboxylic acids is 1. The third-order valence-electron chi connectivity index (χ3n) is 3.88. The van der Waals surface area contributed by atoms with Crippen LogP contribution in [0.25, 0.3) is 0 Å². The van der Waals surface area contributed by atoms with Gasteiger partial charge in [0.05, 0.1) is 18.3 Å². The molecule has 2 aromatic carbocycles. The van der Waals surface area contributed by atoms with E-state index in [0.717, 1.165) is 18.6 Å². The molecule has 4 heteroatoms. The highest BCUT2D eigenvalue weighted by Gasteiger charge is 2.21. The molecular formula is C19H21NO3. The minimum atomic E-state index is -0.173. The molecular weight excluding hydrogens is 290 g/mol. The van der Waals surface area contributed by atoms with E-state index < -0.39 is 0 Å². The van der Waals surface area contributed by atoms with Crippen LogP contribution in [0, 0.1) is 0 Å². The zero-order valence-corrected chi connectivity index (χ0v) is 13.2. The van der Waals surface area contributed by atoms with Crippen molar-refractivity contribution in [3.63, 3.8) is 0 Å². The van der Waals surface area contributed by atoms with Crippen molar-refractivity contribution >= 4 is 11.6 Å². The number of nitrogens with one attached hydrogen (secondary N) is 1. The number of ether oxygens (including phenoxy) is 2. The third-order valence-corrected chi connectivity index (χ3v) is 3.88. The summed E-state index contributed by atoms with van der Waals surface area (Å²) in [6, 6.07) is 14.8. The fraction of sp³-hybridized carbons (Fsp3) is 0.316. The molecule has 0 unspecified atom stereocenters. The first-order valence-corrected chi connectivity index (χ1v) is 8.06. The highest BCUT2D eigenvalue weighted by atomic mass is 16.5. The van der Waals surface area contributed by atoms with Crippen molar-refractivity contribution in [2.75, 3.05) is 11.9 Å². The number of rotatable bonds is 6. The Labute approximate surface area is 136 Å². The zero-order valence-electron chi connectivity index (χ0n) is 13.2. The van der Waals surface area contributed by atoms with Gasteiger partial charge in [-0.3, -0.25) is 4.79 Å². The van der Waals surface area contributed by atoms with E-state index in [2.05, 4.69) is 5.32 Å². The van der Waals surface area contributed by atoms with Crippen molar-refractivity contribution < 1.29 is 14.3 Å². The largest absolute Gasteiger partial charge is 0.494 e. The number of amides is 1. The van der Waals surface area contributed by atoms with Gasteiger partial charge in [0.1, 0.15) is 11.5 Å². The van der Waals surface area contributed by atoms with Crippen LogP contribution in [-0.4, -0.2) is 18.6 Å². The van der Waals surface area contributed by atoms with Crippen LogP contribution in [0.15, 0.2) is 48.5 Å². The Balaban J connectivity index is 1.73. The molecule has 2 aromatic rings. The summed E-state index contributed by atoms with van der Waals surface area (Å²) < 4.78 is 11.4. The molecule has 1 saturated carbocycles. The van der Waals surface area contributed by atoms with E-state index in [4.69, 9.17) is 9.47 Å². The van der Waals surface area contributed by atoms with Crippen molar-refractivity contribution in [1.82, 2.24) is 0 Å². The molecule has 0 saturated heterocycles. The summed E-state index contributed by atoms with van der Waals surface area (Å²) in [5.41, 5.74) is 1.26. The Bertz CT molecular complexity index is 680. The lowest BCUT2D eigenvalue weighted by atomic mass is 9.96. The predicted molar refractivity (Wildman–Crippen MR) is 90.3 cm³/mol. The first-order valence-electron chi connectivity index (χ1n) is 8.06. The summed E-state index contributed by atoms with van der Waals surface area (Å²) >= 11 is 0. The first-order chi connectivity index (χ1) is 11.3. The first kappa shape index (κ1) is 15.4. The monoisotopic (exact) mass is 311 g/mol. The van der Waals surface area contributed by atoms with Gasteiger partial charge >= 0.3 is 0 Å². The van der Waals surface area contributed by atoms with Crippen molar-refractivity contribution in [3.05, 3.63) is 54.1 Å². The molecule has 0 heterocycles. The fourth-order valence-corrected chi connectivity index (χ4v) is 2.45. The minimum Gasteiger partial charge on any atom is -0.494 e. The Morgan fingerprint density at radius 3 is 2.74 bits per heavy atom. The lowest BCUT2D eigenvalue weighted by molar-refractivity contribution is 0.0992. The Morgan fingerprint density at radius 1 is 1.17 bits per heavy atom. The maximum Gasteiger partial charge on any atom is 0.259 e. The van der Waals surface area contributed by atoms with Gasteiger partial charge in [-0.15, -0.1) is 0 Å². The lowest BCUT2D eigenvalue weighted by Gasteiger charge is -2.27. The van der Waals surface area contributed by atoms with Crippen LogP contribution in [0.1, 0.15) is 36.5 Å². The van der Waals surface area contributed by atoms with Gasteiger partial charge in [-0.1, -0.05) is 18.2 Å². The molecule has 0 atom stereocenters. The van der Waals surface area contributed by atoms with Crippen LogP contribution < -0.4 is 14.8 Å². The van der Waals surface area contributed by atoms with Crippen LogP contribution in [0.3, 0.4) is 0 Å². The highest BCUT2D eigenvalue weighted by molar-refractivity contribution is 6.06. The molecule has 0 aromatic heterocycles. The second-order valence-corrected chi connectivity index (χ2v) is 5.58. The Morgan fingerprint density at radius 2 is 2.00 bits per heavy atom. The standard InChI is InChI=1S/C19H21NO3/c1-2-22-16-10-5-7-14(13-16)20-19(21)17-11-3-4-12-18(17)23-15-8-6-9-15/h3-5,7,10-13,15H,2,6,8-9H2,1H3,(H,20,21). The van der Waals surface area contributed by atoms with Crippen LogP contribution in [-0.2, 0) is 0 Å². The van der Waals surface area contributed by atoms with Crippen LogP contribution in [0.4, 0.5) is 5.69 Å². The molecule has 1 aliphatic rings. The van der Waals surface area contributed by atoms with Gasteiger partial charge in [0.25, 0.3) is 5.91 Å². The average Bonchev–Trinajstić information content (AvgIpc) is 2.52. The van der Waals surface area contributed by atoms with Crippen LogP contribution >= 0.6 is 0 Å². The van der Waals surface area contributed by atoms with Crippen molar-refractivity contribution in [2.45, 2.75) is 32.3 Å². The molecule has 0 bridgehead atoms. The van der Waals surface area contributed by atoms with E-state index in [1.54, 1.807) is 6.07 Å². The molecule has 1 N–H and O–H groups in total. The summed E-state index contributed by atoms with van der Waals surface area (Å²) in [5.74, 6) is 1.22. The smallest absolute Gasteiger partial charge is 0.259 e. The second-order valence-electron chi connectivity index (χ2n) is 5.58. The van der Waals surface area contributed by atoms with E-state index in [1.165, 1.54) is 6.42 Å². The predicted octanol–water partition coefficient (Wildman–Crippen LogP) is 4.27. The SMILES string of the molecule is CCOc1cccc(NC(=O)c2ccccc2OC2CCC2)c1. The topological polar surface area (TPSA) is 47.6 Å². The van der Waals surface area contributed by atoms with E-state index in [1.807, 2.05) is 49.4 Å². The second kappa shape index (κ2) is 7.18. The summed E-state index contributed by atoms with van der Waals surface area (Å²) in [4.78, 5) is 12.6. The van der Waals surface area contributed by atoms with E-state index in [0.29, 0.717) is 23.6 Å². The summed E-state index contributed by atoms with van der Waals surface area (Å²) in [6.45, 7) is 2.52. The molecule has 120 valence electrons. The Hall–Kier alpha value is -2.49. The van der Waals surface area contributed by atoms with Crippen molar-refractivity contribution in [3.8, 4) is 11.5 Å². The van der Waals surface area contributed by atoms with E-state index >= 15 is 0 Å². The quantitative estimate of drug-likeness (QED) is 0.866. The number of hydrogen-bond acceptors (Lipinski definition) is 3. The summed E-state index contributed by atoms with van der Waals surface area (Å²) in [5, 5.41) is 2.91. The molecule has 1 amide bonds. The molecule has 0 radical (unpaired) electrons. The van der Waals surface area contributed by atoms with Crippen LogP contribution in [0.5, 0.6) is 11.5 Å². The maximum absolute atomic E-state index is 12.6. The summed E-state index contributed by atoms with van der Waals surface area (Å²) in [7, 11) is 0. The van der Waals surface area contributed by atoms with Gasteiger partial charge in [-0.2, -0.15) is 0 Å². The minimum absolute atomic E-state index is 0.173. The normalized spacial score (nSPS) is 14.0. The number of para-hydroxylation sites is 1. The molecule has 1 aliphatic carbocycles. The molecule has 0 aliphatic heterocycles. The molecule has 1 fully saturated rings. The van der Waals surface area contributed by atoms with E-state index in [-0.39, 0.29) is 12.0 Å². The average molecular weight is 311 g/mol. The fourth-order valence-electron chi connectivity index (χ4n) is 2.45. The number of hydrogen-bond donors (Lipinski definition) is 1. The van der Waals surface area contributed by atoms with Crippen molar-refractivity contribution in [1.29, 1.82) is 0 Å². The summed E-state index contributed by atoms with van der Waals surface area (Å²) in [6.07, 6.45) is 3.56. The van der Waals surface area contributed by atoms with Gasteiger partial charge in [0.2, 0.25) is 0 Å². The lowest BCUT2D eigenvalue weighted by Crippen LogP contribution is -2.26. The van der Waals surface area contributed by atoms with Gasteiger partial charge in [-0.05, 0) is 50.5 Å². The molecule has 23 heavy (non-hydrogen) atoms. The van der Waals surface area contributed by atoms with Crippen LogP contribution in [0.2, 0.25) is 0 Å². The molecule has 3 rings (SSSR count). The van der Waals surface area contributed by atoms with Crippen molar-refractivity contribution in [2.24, 2.45) is 0 Å². The van der Waals surface area contributed by atoms with Gasteiger partial charge in [-0.25, -0.2) is 0 Å². The third kappa shape index (κ3) is 3.83. The van der Waals surface area contributed by atoms with Gasteiger partial charge in [0.15, 0.2) is 0 Å². The number of benzene rings is 2. The number of carbonyl (C=O) groups is 1. The maximum atomic E-state index is 12.6. The van der Waals surface area contributed by atoms with Gasteiger partial charge < -0.3 is 14.8 Å². The number of anilines is 1. The Kier molecular flexibility index (Phi) is 4.81. The van der Waals surface area contributed by atoms with E-state index in [9.17, 15) is 4.79 Å².